The second-order valence-electron chi connectivity index (χ2n) is 5.94. The third kappa shape index (κ3) is 3.09. The first kappa shape index (κ1) is 16.0. The van der Waals surface area contributed by atoms with Crippen molar-refractivity contribution in [2.75, 3.05) is 19.7 Å². The molecule has 1 fully saturated rings. The topological polar surface area (TPSA) is 40.5 Å². The van der Waals surface area contributed by atoms with Gasteiger partial charge in [-0.1, -0.05) is 41.9 Å². The van der Waals surface area contributed by atoms with Gasteiger partial charge >= 0.3 is 0 Å². The van der Waals surface area contributed by atoms with E-state index in [1.165, 1.54) is 18.2 Å². The summed E-state index contributed by atoms with van der Waals surface area (Å²) in [7, 11) is 0. The van der Waals surface area contributed by atoms with Gasteiger partial charge in [0.05, 0.1) is 6.61 Å². The zero-order valence-electron chi connectivity index (χ0n) is 12.5. The van der Waals surface area contributed by atoms with Crippen LogP contribution in [-0.4, -0.2) is 35.6 Å². The lowest BCUT2D eigenvalue weighted by Crippen LogP contribution is -2.37. The summed E-state index contributed by atoms with van der Waals surface area (Å²) < 4.78 is 13.5. The smallest absolute Gasteiger partial charge is 0.254 e. The Hall–Kier alpha value is -1.91. The van der Waals surface area contributed by atoms with Gasteiger partial charge in [-0.3, -0.25) is 4.79 Å². The predicted molar refractivity (Wildman–Crippen MR) is 87.1 cm³/mol. The lowest BCUT2D eigenvalue weighted by molar-refractivity contribution is 0.0773. The molecule has 2 aromatic rings. The minimum Gasteiger partial charge on any atom is -0.395 e. The van der Waals surface area contributed by atoms with Crippen LogP contribution < -0.4 is 0 Å². The molecule has 1 atom stereocenters. The molecular formula is C18H17ClFNO2. The van der Waals surface area contributed by atoms with Crippen molar-refractivity contribution in [1.29, 1.82) is 0 Å². The fourth-order valence-corrected chi connectivity index (χ4v) is 3.38. The van der Waals surface area contributed by atoms with Crippen LogP contribution in [0.4, 0.5) is 4.39 Å². The van der Waals surface area contributed by atoms with Gasteiger partial charge in [-0.15, -0.1) is 0 Å². The Kier molecular flexibility index (Phi) is 4.37. The molecule has 0 spiro atoms. The summed E-state index contributed by atoms with van der Waals surface area (Å²) in [6.45, 7) is 0.883. The number of benzene rings is 2. The van der Waals surface area contributed by atoms with Crippen LogP contribution in [0.3, 0.4) is 0 Å². The number of hydrogen-bond acceptors (Lipinski definition) is 2. The number of rotatable bonds is 3. The maximum Gasteiger partial charge on any atom is 0.254 e. The molecule has 3 nitrogen and oxygen atoms in total. The number of nitrogens with zero attached hydrogens (tertiary/aromatic N) is 1. The van der Waals surface area contributed by atoms with Crippen molar-refractivity contribution in [3.8, 4) is 0 Å². The lowest BCUT2D eigenvalue weighted by atomic mass is 9.80. The molecule has 5 heteroatoms. The third-order valence-corrected chi connectivity index (χ3v) is 4.66. The maximum atomic E-state index is 13.5. The summed E-state index contributed by atoms with van der Waals surface area (Å²) in [6, 6.07) is 13.5. The quantitative estimate of drug-likeness (QED) is 0.936. The van der Waals surface area contributed by atoms with Crippen molar-refractivity contribution in [3.05, 3.63) is 70.5 Å². The molecule has 23 heavy (non-hydrogen) atoms. The number of aliphatic hydroxyl groups is 1. The fraction of sp³-hybridized carbons (Fsp3) is 0.278. The van der Waals surface area contributed by atoms with Gasteiger partial charge in [-0.05, 0) is 30.2 Å². The minimum atomic E-state index is -0.531. The fourth-order valence-electron chi connectivity index (χ4n) is 3.15. The summed E-state index contributed by atoms with van der Waals surface area (Å²) in [4.78, 5) is 14.3. The highest BCUT2D eigenvalue weighted by Crippen LogP contribution is 2.35. The van der Waals surface area contributed by atoms with Gasteiger partial charge in [-0.2, -0.15) is 0 Å². The standard InChI is InChI=1S/C18H17ClFNO2/c19-15-8-13(9-16(20)10-15)17(23)21-7-6-18(11-21,12-22)14-4-2-1-3-5-14/h1-5,8-10,22H,6-7,11-12H2. The van der Waals surface area contributed by atoms with E-state index >= 15 is 0 Å². The molecule has 0 aliphatic carbocycles. The molecule has 0 radical (unpaired) electrons. The number of likely N-dealkylation sites (tertiary alicyclic amines) is 1. The van der Waals surface area contributed by atoms with Gasteiger partial charge in [0.1, 0.15) is 5.82 Å². The van der Waals surface area contributed by atoms with Gasteiger partial charge in [-0.25, -0.2) is 4.39 Å². The SMILES string of the molecule is O=C(c1cc(F)cc(Cl)c1)N1CCC(CO)(c2ccccc2)C1. The summed E-state index contributed by atoms with van der Waals surface area (Å²) in [6.07, 6.45) is 0.669. The molecule has 1 unspecified atom stereocenters. The molecule has 1 N–H and O–H groups in total. The van der Waals surface area contributed by atoms with Crippen molar-refractivity contribution in [3.63, 3.8) is 0 Å². The lowest BCUT2D eigenvalue weighted by Gasteiger charge is -2.27. The van der Waals surface area contributed by atoms with Gasteiger partial charge in [0, 0.05) is 29.1 Å². The molecule has 1 amide bonds. The van der Waals surface area contributed by atoms with Crippen LogP contribution in [-0.2, 0) is 5.41 Å². The van der Waals surface area contributed by atoms with Gasteiger partial charge < -0.3 is 10.0 Å². The first-order valence-corrected chi connectivity index (χ1v) is 7.84. The largest absolute Gasteiger partial charge is 0.395 e. The highest BCUT2D eigenvalue weighted by molar-refractivity contribution is 6.31. The average molecular weight is 334 g/mol. The zero-order chi connectivity index (χ0) is 16.4. The predicted octanol–water partition coefficient (Wildman–Crippen LogP) is 3.26. The number of hydrogen-bond donors (Lipinski definition) is 1. The van der Waals surface area contributed by atoms with Crippen LogP contribution in [0, 0.1) is 5.82 Å². The van der Waals surface area contributed by atoms with E-state index in [0.717, 1.165) is 5.56 Å². The number of carbonyl (C=O) groups is 1. The summed E-state index contributed by atoms with van der Waals surface area (Å²) in [5.74, 6) is -0.797. The van der Waals surface area contributed by atoms with E-state index in [0.29, 0.717) is 19.5 Å². The van der Waals surface area contributed by atoms with Crippen LogP contribution in [0.1, 0.15) is 22.3 Å². The second kappa shape index (κ2) is 6.30. The van der Waals surface area contributed by atoms with E-state index in [4.69, 9.17) is 11.6 Å². The Morgan fingerprint density at radius 3 is 2.65 bits per heavy atom. The van der Waals surface area contributed by atoms with Crippen LogP contribution in [0.5, 0.6) is 0 Å². The number of aliphatic hydroxyl groups excluding tert-OH is 1. The minimum absolute atomic E-state index is 0.0370. The highest BCUT2D eigenvalue weighted by atomic mass is 35.5. The molecule has 0 bridgehead atoms. The Labute approximate surface area is 139 Å². The van der Waals surface area contributed by atoms with E-state index < -0.39 is 11.2 Å². The Balaban J connectivity index is 1.85. The normalized spacial score (nSPS) is 20.7. The maximum absolute atomic E-state index is 13.5. The van der Waals surface area contributed by atoms with Crippen molar-refractivity contribution in [2.24, 2.45) is 0 Å². The summed E-state index contributed by atoms with van der Waals surface area (Å²) in [5.41, 5.74) is 0.778. The van der Waals surface area contributed by atoms with E-state index in [1.54, 1.807) is 4.90 Å². The van der Waals surface area contributed by atoms with Crippen molar-refractivity contribution in [2.45, 2.75) is 11.8 Å². The summed E-state index contributed by atoms with van der Waals surface area (Å²) >= 11 is 5.83. The Morgan fingerprint density at radius 2 is 2.00 bits per heavy atom. The van der Waals surface area contributed by atoms with Gasteiger partial charge in [0.15, 0.2) is 0 Å². The molecule has 120 valence electrons. The van der Waals surface area contributed by atoms with E-state index in [2.05, 4.69) is 0 Å². The number of halogens is 2. The Morgan fingerprint density at radius 1 is 1.26 bits per heavy atom. The molecule has 1 saturated heterocycles. The van der Waals surface area contributed by atoms with E-state index in [1.807, 2.05) is 30.3 Å². The van der Waals surface area contributed by atoms with E-state index in [9.17, 15) is 14.3 Å². The molecule has 2 aromatic carbocycles. The number of carbonyl (C=O) groups excluding carboxylic acids is 1. The molecule has 0 aromatic heterocycles. The molecule has 1 aliphatic heterocycles. The van der Waals surface area contributed by atoms with Crippen molar-refractivity contribution in [1.82, 2.24) is 4.90 Å². The van der Waals surface area contributed by atoms with Crippen LogP contribution in [0.15, 0.2) is 48.5 Å². The first-order chi connectivity index (χ1) is 11.0. The molecule has 3 rings (SSSR count). The highest BCUT2D eigenvalue weighted by Gasteiger charge is 2.41. The molecular weight excluding hydrogens is 317 g/mol. The summed E-state index contributed by atoms with van der Waals surface area (Å²) in [5, 5.41) is 10.1. The second-order valence-corrected chi connectivity index (χ2v) is 6.38. The average Bonchev–Trinajstić information content (AvgIpc) is 3.00. The van der Waals surface area contributed by atoms with Crippen LogP contribution in [0.25, 0.3) is 0 Å². The van der Waals surface area contributed by atoms with Gasteiger partial charge in [0.25, 0.3) is 5.91 Å². The Bertz CT molecular complexity index is 702. The zero-order valence-corrected chi connectivity index (χ0v) is 13.3. The third-order valence-electron chi connectivity index (χ3n) is 4.44. The molecule has 1 heterocycles. The molecule has 1 aliphatic rings. The van der Waals surface area contributed by atoms with Crippen molar-refractivity contribution < 1.29 is 14.3 Å². The van der Waals surface area contributed by atoms with Crippen LogP contribution >= 0.6 is 11.6 Å². The van der Waals surface area contributed by atoms with Crippen LogP contribution in [0.2, 0.25) is 5.02 Å². The van der Waals surface area contributed by atoms with E-state index in [-0.39, 0.29) is 23.1 Å². The monoisotopic (exact) mass is 333 g/mol. The van der Waals surface area contributed by atoms with Crippen molar-refractivity contribution >= 4 is 17.5 Å². The van der Waals surface area contributed by atoms with Gasteiger partial charge in [0.2, 0.25) is 0 Å². The first-order valence-electron chi connectivity index (χ1n) is 7.46. The molecule has 0 saturated carbocycles. The number of amides is 1.